The fourth-order valence-electron chi connectivity index (χ4n) is 6.18. The van der Waals surface area contributed by atoms with Gasteiger partial charge in [0.15, 0.2) is 11.6 Å². The number of methoxy groups -OCH3 is 2. The smallest absolute Gasteiger partial charge is 0.307 e. The quantitative estimate of drug-likeness (QED) is 0.217. The summed E-state index contributed by atoms with van der Waals surface area (Å²) in [5.74, 6) is -2.68. The van der Waals surface area contributed by atoms with Gasteiger partial charge in [0.05, 0.1) is 43.4 Å². The van der Waals surface area contributed by atoms with Crippen molar-refractivity contribution in [3.8, 4) is 16.9 Å². The number of benzene rings is 2. The Balaban J connectivity index is 1.44. The van der Waals surface area contributed by atoms with Gasteiger partial charge in [0.1, 0.15) is 5.78 Å². The first-order chi connectivity index (χ1) is 21.2. The van der Waals surface area contributed by atoms with Gasteiger partial charge >= 0.3 is 5.97 Å². The van der Waals surface area contributed by atoms with Gasteiger partial charge in [-0.25, -0.2) is 13.5 Å². The molecular formula is C33H37F2N5O4. The van der Waals surface area contributed by atoms with Crippen molar-refractivity contribution in [2.45, 2.75) is 38.1 Å². The molecule has 0 radical (unpaired) electrons. The van der Waals surface area contributed by atoms with Gasteiger partial charge in [0, 0.05) is 63.8 Å². The topological polar surface area (TPSA) is 91.5 Å². The number of Topliss-reactive ketones (excluding diaryl/α,β-unsaturated/α-hetero) is 1. The number of halogens is 2. The lowest BCUT2D eigenvalue weighted by atomic mass is 9.85. The fraction of sp³-hybridized carbons (Fsp3) is 0.394. The van der Waals surface area contributed by atoms with Gasteiger partial charge in [-0.05, 0) is 48.2 Å². The molecule has 0 spiro atoms. The van der Waals surface area contributed by atoms with E-state index in [1.807, 2.05) is 55.2 Å². The number of likely N-dealkylation sites (tertiary alicyclic amines) is 1. The summed E-state index contributed by atoms with van der Waals surface area (Å²) in [5, 5.41) is 9.18. The maximum atomic E-state index is 14.3. The zero-order valence-corrected chi connectivity index (χ0v) is 25.4. The van der Waals surface area contributed by atoms with Crippen LogP contribution in [0.15, 0.2) is 60.9 Å². The highest BCUT2D eigenvalue weighted by Crippen LogP contribution is 2.38. The normalized spacial score (nSPS) is 17.6. The Labute approximate surface area is 255 Å². The summed E-state index contributed by atoms with van der Waals surface area (Å²) in [7, 11) is 4.74. The molecule has 3 heterocycles. The lowest BCUT2D eigenvalue weighted by Crippen LogP contribution is -2.39. The Morgan fingerprint density at radius 3 is 2.50 bits per heavy atom. The number of ether oxygens (including phenoxy) is 2. The van der Waals surface area contributed by atoms with Crippen LogP contribution in [0.1, 0.15) is 35.6 Å². The van der Waals surface area contributed by atoms with Crippen molar-refractivity contribution in [2.75, 3.05) is 33.9 Å². The van der Waals surface area contributed by atoms with E-state index in [-0.39, 0.29) is 55.5 Å². The highest BCUT2D eigenvalue weighted by atomic mass is 19.2. The summed E-state index contributed by atoms with van der Waals surface area (Å²) in [5.41, 5.74) is 4.73. The number of para-hydroxylation sites is 1. The third-order valence-electron chi connectivity index (χ3n) is 8.42. The van der Waals surface area contributed by atoms with E-state index in [0.717, 1.165) is 34.3 Å². The number of carbonyl (C=O) groups is 2. The third-order valence-corrected chi connectivity index (χ3v) is 8.42. The number of ketones is 1. The van der Waals surface area contributed by atoms with E-state index in [9.17, 15) is 18.4 Å². The molecule has 0 bridgehead atoms. The first-order valence-corrected chi connectivity index (χ1v) is 14.6. The van der Waals surface area contributed by atoms with E-state index >= 15 is 0 Å². The van der Waals surface area contributed by atoms with E-state index in [0.29, 0.717) is 18.7 Å². The first kappa shape index (κ1) is 31.2. The number of aromatic nitrogens is 4. The Morgan fingerprint density at radius 1 is 1.07 bits per heavy atom. The van der Waals surface area contributed by atoms with Crippen LogP contribution in [-0.2, 0) is 32.5 Å². The summed E-state index contributed by atoms with van der Waals surface area (Å²) < 4.78 is 42.0. The summed E-state index contributed by atoms with van der Waals surface area (Å²) in [6, 6.07) is 13.3. The molecule has 1 fully saturated rings. The van der Waals surface area contributed by atoms with Crippen molar-refractivity contribution in [2.24, 2.45) is 13.0 Å². The molecule has 1 unspecified atom stereocenters. The maximum absolute atomic E-state index is 14.3. The van der Waals surface area contributed by atoms with Gasteiger partial charge < -0.3 is 9.47 Å². The summed E-state index contributed by atoms with van der Waals surface area (Å²) in [4.78, 5) is 28.1. The second-order valence-electron chi connectivity index (χ2n) is 11.4. The van der Waals surface area contributed by atoms with Crippen LogP contribution in [0.4, 0.5) is 8.78 Å². The summed E-state index contributed by atoms with van der Waals surface area (Å²) in [6.45, 7) is 3.19. The van der Waals surface area contributed by atoms with E-state index in [4.69, 9.17) is 14.6 Å². The van der Waals surface area contributed by atoms with E-state index < -0.39 is 11.6 Å². The highest BCUT2D eigenvalue weighted by Gasteiger charge is 2.39. The van der Waals surface area contributed by atoms with Gasteiger partial charge in [-0.1, -0.05) is 24.3 Å². The zero-order valence-electron chi connectivity index (χ0n) is 25.4. The van der Waals surface area contributed by atoms with E-state index in [1.165, 1.54) is 13.2 Å². The number of hydrogen-bond donors (Lipinski definition) is 0. The molecule has 2 aromatic heterocycles. The number of aryl methyl sites for hydroxylation is 1. The van der Waals surface area contributed by atoms with Crippen LogP contribution in [0.5, 0.6) is 0 Å². The van der Waals surface area contributed by atoms with Crippen molar-refractivity contribution in [1.82, 2.24) is 24.5 Å². The number of rotatable bonds is 12. The molecule has 44 heavy (non-hydrogen) atoms. The molecule has 0 saturated carbocycles. The summed E-state index contributed by atoms with van der Waals surface area (Å²) >= 11 is 0. The first-order valence-electron chi connectivity index (χ1n) is 14.6. The SMILES string of the molecule is COCC(CC(=O)OC)N1C[C@@H](CC(=O)Cc2c(C)c(-c3cnn(C)c3)nn2-c2ccccc2)[C@H](c2ccc(F)c(F)c2)C1. The molecule has 2 aromatic carbocycles. The lowest BCUT2D eigenvalue weighted by Gasteiger charge is -2.26. The second kappa shape index (κ2) is 13.6. The predicted molar refractivity (Wildman–Crippen MR) is 160 cm³/mol. The molecule has 4 aromatic rings. The number of carbonyl (C=O) groups excluding carboxylic acids is 2. The predicted octanol–water partition coefficient (Wildman–Crippen LogP) is 4.65. The van der Waals surface area contributed by atoms with Crippen LogP contribution in [0, 0.1) is 24.5 Å². The van der Waals surface area contributed by atoms with Crippen LogP contribution in [0.25, 0.3) is 16.9 Å². The van der Waals surface area contributed by atoms with Crippen LogP contribution in [0.2, 0.25) is 0 Å². The molecule has 232 valence electrons. The Kier molecular flexibility index (Phi) is 9.65. The van der Waals surface area contributed by atoms with Crippen molar-refractivity contribution < 1.29 is 27.8 Å². The van der Waals surface area contributed by atoms with Gasteiger partial charge in [-0.3, -0.25) is 19.2 Å². The minimum atomic E-state index is -0.931. The molecule has 0 aliphatic carbocycles. The minimum Gasteiger partial charge on any atom is -0.469 e. The molecule has 1 saturated heterocycles. The monoisotopic (exact) mass is 605 g/mol. The Morgan fingerprint density at radius 2 is 1.84 bits per heavy atom. The van der Waals surface area contributed by atoms with Gasteiger partial charge in [0.2, 0.25) is 0 Å². The average molecular weight is 606 g/mol. The molecular weight excluding hydrogens is 568 g/mol. The van der Waals surface area contributed by atoms with Gasteiger partial charge in [-0.15, -0.1) is 0 Å². The third kappa shape index (κ3) is 6.79. The molecule has 11 heteroatoms. The number of nitrogens with zero attached hydrogens (tertiary/aromatic N) is 5. The second-order valence-corrected chi connectivity index (χ2v) is 11.4. The molecule has 1 aliphatic heterocycles. The Bertz CT molecular complexity index is 1620. The number of esters is 1. The van der Waals surface area contributed by atoms with Crippen LogP contribution in [0.3, 0.4) is 0 Å². The van der Waals surface area contributed by atoms with E-state index in [2.05, 4.69) is 10.00 Å². The van der Waals surface area contributed by atoms with Crippen LogP contribution >= 0.6 is 0 Å². The summed E-state index contributed by atoms with van der Waals surface area (Å²) in [6.07, 6.45) is 4.10. The minimum absolute atomic E-state index is 0.00129. The fourth-order valence-corrected chi connectivity index (χ4v) is 6.18. The lowest BCUT2D eigenvalue weighted by molar-refractivity contribution is -0.142. The zero-order chi connectivity index (χ0) is 31.4. The largest absolute Gasteiger partial charge is 0.469 e. The van der Waals surface area contributed by atoms with Crippen LogP contribution < -0.4 is 0 Å². The van der Waals surface area contributed by atoms with E-state index in [1.54, 1.807) is 24.1 Å². The highest BCUT2D eigenvalue weighted by molar-refractivity contribution is 5.82. The molecule has 0 amide bonds. The molecule has 5 rings (SSSR count). The van der Waals surface area contributed by atoms with Gasteiger partial charge in [-0.2, -0.15) is 10.2 Å². The van der Waals surface area contributed by atoms with Crippen molar-refractivity contribution in [3.05, 3.63) is 89.4 Å². The van der Waals surface area contributed by atoms with Crippen molar-refractivity contribution in [1.29, 1.82) is 0 Å². The standard InChI is InChI=1S/C33H37F2N5O4/c1-21-31(40(25-8-6-5-7-9-25)37-33(21)24-16-36-38(2)17-24)15-27(41)12-23-18-39(26(20-43-3)14-32(42)44-4)19-28(23)22-10-11-29(34)30(35)13-22/h5-11,13,16-17,23,26,28H,12,14-15,18-20H2,1-4H3/t23-,26?,28+/m1/s1. The van der Waals surface area contributed by atoms with Gasteiger partial charge in [0.25, 0.3) is 0 Å². The molecule has 9 nitrogen and oxygen atoms in total. The van der Waals surface area contributed by atoms with Crippen molar-refractivity contribution in [3.63, 3.8) is 0 Å². The maximum Gasteiger partial charge on any atom is 0.307 e. The molecule has 3 atom stereocenters. The number of hydrogen-bond acceptors (Lipinski definition) is 7. The van der Waals surface area contributed by atoms with Crippen LogP contribution in [-0.4, -0.2) is 76.2 Å². The van der Waals surface area contributed by atoms with Crippen molar-refractivity contribution >= 4 is 11.8 Å². The molecule has 0 N–H and O–H groups in total. The average Bonchev–Trinajstić information content (AvgIpc) is 3.72. The Hall–Kier alpha value is -4.22. The molecule has 1 aliphatic rings.